The van der Waals surface area contributed by atoms with E-state index < -0.39 is 12.1 Å². The number of hydrogen-bond donors (Lipinski definition) is 1. The molecular formula is C10H19NO4. The maximum atomic E-state index is 11.0. The van der Waals surface area contributed by atoms with Crippen molar-refractivity contribution < 1.29 is 19.5 Å². The number of hydroxylamine groups is 2. The first-order valence-electron chi connectivity index (χ1n) is 5.22. The van der Waals surface area contributed by atoms with Crippen molar-refractivity contribution in [3.63, 3.8) is 0 Å². The monoisotopic (exact) mass is 217 g/mol. The molecule has 1 N–H and O–H groups in total. The summed E-state index contributed by atoms with van der Waals surface area (Å²) in [5.41, 5.74) is 0. The quantitative estimate of drug-likeness (QED) is 0.681. The number of aliphatic hydroxyl groups is 1. The highest BCUT2D eigenvalue weighted by molar-refractivity contribution is 5.74. The van der Waals surface area contributed by atoms with Gasteiger partial charge in [-0.3, -0.25) is 0 Å². The number of ether oxygens (including phenoxy) is 1. The Morgan fingerprint density at radius 3 is 2.53 bits per heavy atom. The largest absolute Gasteiger partial charge is 0.467 e. The van der Waals surface area contributed by atoms with Gasteiger partial charge in [-0.1, -0.05) is 0 Å². The van der Waals surface area contributed by atoms with E-state index in [4.69, 9.17) is 4.84 Å². The van der Waals surface area contributed by atoms with E-state index in [1.807, 2.05) is 5.06 Å². The number of piperidine rings is 1. The Kier molecular flexibility index (Phi) is 5.01. The van der Waals surface area contributed by atoms with Gasteiger partial charge in [-0.2, -0.15) is 5.06 Å². The zero-order chi connectivity index (χ0) is 11.3. The second kappa shape index (κ2) is 6.05. The van der Waals surface area contributed by atoms with Gasteiger partial charge in [-0.25, -0.2) is 4.79 Å². The van der Waals surface area contributed by atoms with Gasteiger partial charge in [0.25, 0.3) is 0 Å². The normalized spacial score (nSPS) is 21.3. The second-order valence-corrected chi connectivity index (χ2v) is 3.83. The van der Waals surface area contributed by atoms with Gasteiger partial charge >= 0.3 is 5.97 Å². The predicted molar refractivity (Wildman–Crippen MR) is 53.9 cm³/mol. The van der Waals surface area contributed by atoms with Crippen molar-refractivity contribution in [1.29, 1.82) is 0 Å². The van der Waals surface area contributed by atoms with Crippen LogP contribution in [0.25, 0.3) is 0 Å². The van der Waals surface area contributed by atoms with Crippen LogP contribution in [0.5, 0.6) is 0 Å². The molecule has 0 aromatic carbocycles. The van der Waals surface area contributed by atoms with Gasteiger partial charge in [0.1, 0.15) is 0 Å². The minimum absolute atomic E-state index is 0.380. The lowest BCUT2D eigenvalue weighted by atomic mass is 9.92. The number of carbonyl (C=O) groups excluding carboxylic acids is 1. The van der Waals surface area contributed by atoms with Gasteiger partial charge in [-0.05, 0) is 25.2 Å². The highest BCUT2D eigenvalue weighted by Gasteiger charge is 2.25. The molecule has 1 unspecified atom stereocenters. The Morgan fingerprint density at radius 1 is 1.47 bits per heavy atom. The molecule has 1 rings (SSSR count). The van der Waals surface area contributed by atoms with Gasteiger partial charge in [0.15, 0.2) is 6.10 Å². The maximum absolute atomic E-state index is 11.0. The van der Waals surface area contributed by atoms with Crippen molar-refractivity contribution in [1.82, 2.24) is 5.06 Å². The predicted octanol–water partition coefficient (Wildman–Crippen LogP) is 0.184. The molecule has 15 heavy (non-hydrogen) atoms. The van der Waals surface area contributed by atoms with Crippen molar-refractivity contribution in [3.8, 4) is 0 Å². The number of rotatable bonds is 4. The number of hydrogen-bond acceptors (Lipinski definition) is 5. The van der Waals surface area contributed by atoms with Crippen molar-refractivity contribution in [2.24, 2.45) is 5.92 Å². The summed E-state index contributed by atoms with van der Waals surface area (Å²) in [6.45, 7) is 1.71. The molecule has 0 amide bonds. The molecular weight excluding hydrogens is 198 g/mol. The summed E-state index contributed by atoms with van der Waals surface area (Å²) in [5.74, 6) is -0.158. The number of carbonyl (C=O) groups is 1. The van der Waals surface area contributed by atoms with Gasteiger partial charge < -0.3 is 14.7 Å². The van der Waals surface area contributed by atoms with E-state index in [9.17, 15) is 9.90 Å². The van der Waals surface area contributed by atoms with Crippen LogP contribution < -0.4 is 0 Å². The fourth-order valence-electron chi connectivity index (χ4n) is 1.88. The van der Waals surface area contributed by atoms with Crippen molar-refractivity contribution >= 4 is 5.97 Å². The Labute approximate surface area is 89.9 Å². The topological polar surface area (TPSA) is 59.0 Å². The SMILES string of the molecule is COC(=O)C(O)CC1CCN(OC)CC1. The summed E-state index contributed by atoms with van der Waals surface area (Å²) in [5, 5.41) is 11.4. The molecule has 0 radical (unpaired) electrons. The summed E-state index contributed by atoms with van der Waals surface area (Å²) in [6.07, 6.45) is 1.41. The van der Waals surface area contributed by atoms with Crippen LogP contribution in [0.3, 0.4) is 0 Å². The highest BCUT2D eigenvalue weighted by atomic mass is 16.7. The zero-order valence-electron chi connectivity index (χ0n) is 9.31. The number of methoxy groups -OCH3 is 1. The van der Waals surface area contributed by atoms with E-state index in [2.05, 4.69) is 4.74 Å². The Hall–Kier alpha value is -0.650. The van der Waals surface area contributed by atoms with Gasteiger partial charge in [-0.15, -0.1) is 0 Å². The lowest BCUT2D eigenvalue weighted by molar-refractivity contribution is -0.156. The first-order valence-corrected chi connectivity index (χ1v) is 5.22. The molecule has 0 spiro atoms. The first-order chi connectivity index (χ1) is 7.17. The highest BCUT2D eigenvalue weighted by Crippen LogP contribution is 2.22. The van der Waals surface area contributed by atoms with Crippen LogP contribution in [-0.4, -0.2) is 49.6 Å². The Bertz CT molecular complexity index is 202. The lowest BCUT2D eigenvalue weighted by Crippen LogP contribution is -2.35. The third-order valence-electron chi connectivity index (χ3n) is 2.86. The van der Waals surface area contributed by atoms with E-state index in [0.29, 0.717) is 12.3 Å². The van der Waals surface area contributed by atoms with Gasteiger partial charge in [0.2, 0.25) is 0 Å². The van der Waals surface area contributed by atoms with E-state index in [1.54, 1.807) is 7.11 Å². The third kappa shape index (κ3) is 3.77. The van der Waals surface area contributed by atoms with E-state index in [-0.39, 0.29) is 0 Å². The smallest absolute Gasteiger partial charge is 0.334 e. The Balaban J connectivity index is 2.26. The minimum Gasteiger partial charge on any atom is -0.467 e. The fraction of sp³-hybridized carbons (Fsp3) is 0.900. The molecule has 5 nitrogen and oxygen atoms in total. The molecule has 0 aliphatic carbocycles. The lowest BCUT2D eigenvalue weighted by Gasteiger charge is -2.30. The molecule has 5 heteroatoms. The summed E-state index contributed by atoms with van der Waals surface area (Å²) in [6, 6.07) is 0. The summed E-state index contributed by atoms with van der Waals surface area (Å²) in [7, 11) is 2.95. The van der Waals surface area contributed by atoms with E-state index in [1.165, 1.54) is 7.11 Å². The first kappa shape index (κ1) is 12.4. The van der Waals surface area contributed by atoms with Crippen LogP contribution in [0.1, 0.15) is 19.3 Å². The van der Waals surface area contributed by atoms with E-state index >= 15 is 0 Å². The van der Waals surface area contributed by atoms with Crippen LogP contribution in [0.15, 0.2) is 0 Å². The molecule has 88 valence electrons. The van der Waals surface area contributed by atoms with Crippen molar-refractivity contribution in [3.05, 3.63) is 0 Å². The average molecular weight is 217 g/mol. The molecule has 1 aliphatic rings. The van der Waals surface area contributed by atoms with Crippen LogP contribution >= 0.6 is 0 Å². The van der Waals surface area contributed by atoms with Crippen molar-refractivity contribution in [2.45, 2.75) is 25.4 Å². The average Bonchev–Trinajstić information content (AvgIpc) is 2.29. The fourth-order valence-corrected chi connectivity index (χ4v) is 1.88. The van der Waals surface area contributed by atoms with Gasteiger partial charge in [0, 0.05) is 13.1 Å². The second-order valence-electron chi connectivity index (χ2n) is 3.83. The molecule has 0 bridgehead atoms. The standard InChI is InChI=1S/C10H19NO4/c1-14-10(13)9(12)7-8-3-5-11(15-2)6-4-8/h8-9,12H,3-7H2,1-2H3. The number of esters is 1. The maximum Gasteiger partial charge on any atom is 0.334 e. The van der Waals surface area contributed by atoms with Crippen LogP contribution in [0.2, 0.25) is 0 Å². The molecule has 0 aromatic heterocycles. The Morgan fingerprint density at radius 2 is 2.07 bits per heavy atom. The van der Waals surface area contributed by atoms with Gasteiger partial charge in [0.05, 0.1) is 14.2 Å². The third-order valence-corrected chi connectivity index (χ3v) is 2.86. The molecule has 1 atom stereocenters. The summed E-state index contributed by atoms with van der Waals surface area (Å²) < 4.78 is 4.47. The van der Waals surface area contributed by atoms with Crippen molar-refractivity contribution in [2.75, 3.05) is 27.3 Å². The molecule has 0 saturated carbocycles. The van der Waals surface area contributed by atoms with E-state index in [0.717, 1.165) is 25.9 Å². The summed E-state index contributed by atoms with van der Waals surface area (Å²) >= 11 is 0. The molecule has 1 saturated heterocycles. The molecule has 1 heterocycles. The molecule has 1 fully saturated rings. The number of aliphatic hydroxyl groups excluding tert-OH is 1. The molecule has 0 aromatic rings. The summed E-state index contributed by atoms with van der Waals surface area (Å²) in [4.78, 5) is 16.1. The number of nitrogens with zero attached hydrogens (tertiary/aromatic N) is 1. The van der Waals surface area contributed by atoms with Crippen LogP contribution in [-0.2, 0) is 14.4 Å². The molecule has 1 aliphatic heterocycles. The van der Waals surface area contributed by atoms with Crippen LogP contribution in [0, 0.1) is 5.92 Å². The zero-order valence-corrected chi connectivity index (χ0v) is 9.31. The minimum atomic E-state index is -0.978. The van der Waals surface area contributed by atoms with Crippen LogP contribution in [0.4, 0.5) is 0 Å².